The number of nitrogens with one attached hydrogen (secondary N) is 2. The molecular weight excluding hydrogens is 280 g/mol. The maximum absolute atomic E-state index is 5.29. The molecule has 112 valence electrons. The van der Waals surface area contributed by atoms with Crippen molar-refractivity contribution in [2.75, 3.05) is 11.9 Å². The van der Waals surface area contributed by atoms with E-state index in [1.54, 1.807) is 0 Å². The summed E-state index contributed by atoms with van der Waals surface area (Å²) >= 11 is 5.29. The van der Waals surface area contributed by atoms with Gasteiger partial charge in [-0.25, -0.2) is 0 Å². The van der Waals surface area contributed by atoms with Gasteiger partial charge < -0.3 is 10.6 Å². The number of aromatic nitrogens is 2. The molecule has 2 rings (SSSR count). The largest absolute Gasteiger partial charge is 0.362 e. The molecule has 2 aromatic rings. The van der Waals surface area contributed by atoms with Gasteiger partial charge in [0.2, 0.25) is 0 Å². The second kappa shape index (κ2) is 7.78. The summed E-state index contributed by atoms with van der Waals surface area (Å²) in [6, 6.07) is 10.4. The summed E-state index contributed by atoms with van der Waals surface area (Å²) in [5.41, 5.74) is 3.54. The van der Waals surface area contributed by atoms with Crippen molar-refractivity contribution in [1.29, 1.82) is 0 Å². The van der Waals surface area contributed by atoms with Gasteiger partial charge in [-0.1, -0.05) is 19.1 Å². The van der Waals surface area contributed by atoms with Crippen LogP contribution in [0.2, 0.25) is 0 Å². The standard InChI is InChI=1S/C16H22N4S/c1-3-14-5-7-15(8-6-14)19-16(21)17-10-4-12-20-13(2)9-11-18-20/h5-9,11H,3-4,10,12H2,1-2H3,(H2,17,19,21). The average Bonchev–Trinajstić information content (AvgIpc) is 2.90. The van der Waals surface area contributed by atoms with Gasteiger partial charge in [-0.3, -0.25) is 4.68 Å². The van der Waals surface area contributed by atoms with Crippen molar-refractivity contribution >= 4 is 23.0 Å². The summed E-state index contributed by atoms with van der Waals surface area (Å²) < 4.78 is 2.00. The Morgan fingerprint density at radius 3 is 2.62 bits per heavy atom. The first-order valence-corrected chi connectivity index (χ1v) is 7.72. The highest BCUT2D eigenvalue weighted by Crippen LogP contribution is 2.09. The molecule has 0 aliphatic carbocycles. The van der Waals surface area contributed by atoms with Gasteiger partial charge in [-0.15, -0.1) is 0 Å². The Hall–Kier alpha value is -1.88. The monoisotopic (exact) mass is 302 g/mol. The molecule has 0 amide bonds. The maximum Gasteiger partial charge on any atom is 0.170 e. The summed E-state index contributed by atoms with van der Waals surface area (Å²) in [7, 11) is 0. The van der Waals surface area contributed by atoms with Crippen LogP contribution >= 0.6 is 12.2 Å². The maximum atomic E-state index is 5.29. The molecule has 0 bridgehead atoms. The van der Waals surface area contributed by atoms with Crippen LogP contribution in [0.4, 0.5) is 5.69 Å². The lowest BCUT2D eigenvalue weighted by molar-refractivity contribution is 0.561. The molecule has 4 nitrogen and oxygen atoms in total. The highest BCUT2D eigenvalue weighted by atomic mass is 32.1. The molecule has 1 heterocycles. The molecule has 21 heavy (non-hydrogen) atoms. The van der Waals surface area contributed by atoms with E-state index in [0.717, 1.165) is 31.6 Å². The third-order valence-corrected chi connectivity index (χ3v) is 3.63. The van der Waals surface area contributed by atoms with Gasteiger partial charge in [0, 0.05) is 30.7 Å². The second-order valence-corrected chi connectivity index (χ2v) is 5.39. The predicted octanol–water partition coefficient (Wildman–Crippen LogP) is 3.13. The third-order valence-electron chi connectivity index (χ3n) is 3.38. The molecule has 0 fully saturated rings. The van der Waals surface area contributed by atoms with Crippen LogP contribution < -0.4 is 10.6 Å². The first-order chi connectivity index (χ1) is 10.2. The van der Waals surface area contributed by atoms with Crippen molar-refractivity contribution in [2.45, 2.75) is 33.2 Å². The molecule has 0 spiro atoms. The number of hydrogen-bond donors (Lipinski definition) is 2. The lowest BCUT2D eigenvalue weighted by atomic mass is 10.1. The number of aryl methyl sites for hydroxylation is 3. The number of rotatable bonds is 6. The van der Waals surface area contributed by atoms with Crippen molar-refractivity contribution in [3.8, 4) is 0 Å². The summed E-state index contributed by atoms with van der Waals surface area (Å²) in [5.74, 6) is 0. The lowest BCUT2D eigenvalue weighted by Gasteiger charge is -2.11. The van der Waals surface area contributed by atoms with Crippen molar-refractivity contribution in [2.24, 2.45) is 0 Å². The first-order valence-electron chi connectivity index (χ1n) is 7.31. The zero-order valence-corrected chi connectivity index (χ0v) is 13.4. The first kappa shape index (κ1) is 15.5. The molecule has 2 N–H and O–H groups in total. The van der Waals surface area contributed by atoms with Crippen LogP contribution in [-0.4, -0.2) is 21.4 Å². The predicted molar refractivity (Wildman–Crippen MR) is 91.6 cm³/mol. The van der Waals surface area contributed by atoms with Crippen molar-refractivity contribution in [1.82, 2.24) is 15.1 Å². The van der Waals surface area contributed by atoms with E-state index in [4.69, 9.17) is 12.2 Å². The van der Waals surface area contributed by atoms with Gasteiger partial charge in [0.05, 0.1) is 0 Å². The minimum Gasteiger partial charge on any atom is -0.362 e. The summed E-state index contributed by atoms with van der Waals surface area (Å²) in [4.78, 5) is 0. The number of benzene rings is 1. The van der Waals surface area contributed by atoms with Gasteiger partial charge in [-0.2, -0.15) is 5.10 Å². The number of nitrogens with zero attached hydrogens (tertiary/aromatic N) is 2. The van der Waals surface area contributed by atoms with Gasteiger partial charge >= 0.3 is 0 Å². The lowest BCUT2D eigenvalue weighted by Crippen LogP contribution is -2.29. The Bertz CT molecular complexity index is 574. The fourth-order valence-electron chi connectivity index (χ4n) is 2.06. The van der Waals surface area contributed by atoms with Crippen LogP contribution in [0, 0.1) is 6.92 Å². The van der Waals surface area contributed by atoms with E-state index in [-0.39, 0.29) is 0 Å². The Labute approximate surface area is 131 Å². The molecule has 0 aliphatic rings. The fraction of sp³-hybridized carbons (Fsp3) is 0.375. The molecule has 1 aromatic heterocycles. The van der Waals surface area contributed by atoms with Crippen LogP contribution in [0.15, 0.2) is 36.5 Å². The molecule has 5 heteroatoms. The van der Waals surface area contributed by atoms with Gasteiger partial charge in [0.1, 0.15) is 0 Å². The van der Waals surface area contributed by atoms with E-state index < -0.39 is 0 Å². The Balaban J connectivity index is 1.68. The van der Waals surface area contributed by atoms with Gasteiger partial charge in [0.15, 0.2) is 5.11 Å². The average molecular weight is 302 g/mol. The minimum atomic E-state index is 0.663. The molecule has 0 unspecified atom stereocenters. The van der Waals surface area contributed by atoms with E-state index in [9.17, 15) is 0 Å². The van der Waals surface area contributed by atoms with E-state index in [0.29, 0.717) is 5.11 Å². The molecule has 0 aliphatic heterocycles. The van der Waals surface area contributed by atoms with Crippen LogP contribution in [-0.2, 0) is 13.0 Å². The molecular formula is C16H22N4S. The molecule has 0 atom stereocenters. The Morgan fingerprint density at radius 1 is 1.24 bits per heavy atom. The Morgan fingerprint density at radius 2 is 2.00 bits per heavy atom. The van der Waals surface area contributed by atoms with Crippen molar-refractivity contribution < 1.29 is 0 Å². The van der Waals surface area contributed by atoms with E-state index in [1.807, 2.05) is 16.9 Å². The second-order valence-electron chi connectivity index (χ2n) is 4.98. The van der Waals surface area contributed by atoms with E-state index in [2.05, 4.69) is 53.8 Å². The highest BCUT2D eigenvalue weighted by molar-refractivity contribution is 7.80. The highest BCUT2D eigenvalue weighted by Gasteiger charge is 1.99. The normalized spacial score (nSPS) is 10.4. The van der Waals surface area contributed by atoms with Crippen LogP contribution in [0.5, 0.6) is 0 Å². The van der Waals surface area contributed by atoms with E-state index >= 15 is 0 Å². The van der Waals surface area contributed by atoms with Crippen molar-refractivity contribution in [3.63, 3.8) is 0 Å². The quantitative estimate of drug-likeness (QED) is 0.635. The zero-order valence-electron chi connectivity index (χ0n) is 12.6. The SMILES string of the molecule is CCc1ccc(NC(=S)NCCCn2nccc2C)cc1. The smallest absolute Gasteiger partial charge is 0.170 e. The molecule has 0 saturated carbocycles. The zero-order chi connectivity index (χ0) is 15.1. The number of anilines is 1. The van der Waals surface area contributed by atoms with Crippen LogP contribution in [0.1, 0.15) is 24.6 Å². The fourth-order valence-corrected chi connectivity index (χ4v) is 2.28. The van der Waals surface area contributed by atoms with Crippen molar-refractivity contribution in [3.05, 3.63) is 47.8 Å². The van der Waals surface area contributed by atoms with Crippen LogP contribution in [0.25, 0.3) is 0 Å². The summed E-state index contributed by atoms with van der Waals surface area (Å²) in [5, 5.41) is 11.3. The van der Waals surface area contributed by atoms with Gasteiger partial charge in [0.25, 0.3) is 0 Å². The number of thiocarbonyl (C=S) groups is 1. The van der Waals surface area contributed by atoms with Gasteiger partial charge in [-0.05, 0) is 55.7 Å². The summed E-state index contributed by atoms with van der Waals surface area (Å²) in [6.45, 7) is 5.94. The molecule has 1 aromatic carbocycles. The molecule has 0 saturated heterocycles. The Kier molecular flexibility index (Phi) is 5.75. The third kappa shape index (κ3) is 4.86. The minimum absolute atomic E-state index is 0.663. The van der Waals surface area contributed by atoms with Crippen LogP contribution in [0.3, 0.4) is 0 Å². The van der Waals surface area contributed by atoms with E-state index in [1.165, 1.54) is 11.3 Å². The summed E-state index contributed by atoms with van der Waals surface area (Å²) in [6.07, 6.45) is 3.86. The molecule has 0 radical (unpaired) electrons. The topological polar surface area (TPSA) is 41.9 Å². The number of hydrogen-bond acceptors (Lipinski definition) is 2.